The standard InChI is InChI=1S/C22H29NO9/c1-11(2)23-9-12(31-22-19(27)17(25)18(26)20(32-22)21(28)29)10-30-16-8-4-5-13-14(16)6-3-7-15(13)24/h3-8,11-12,17-20,22-27H,9-10H2,1-2H3,(H,28,29)/t12?,17-,18+,19?,20?,22-/m1/s1. The molecule has 176 valence electrons. The van der Waals surface area contributed by atoms with E-state index in [4.69, 9.17) is 14.2 Å². The SMILES string of the molecule is CC(C)NCC(COc1cccc2c(O)cccc12)O[C@@H]1OC(C(=O)O)[C@@H](O)[C@@H](O)C1O. The van der Waals surface area contributed by atoms with E-state index >= 15 is 0 Å². The fraction of sp³-hybridized carbons (Fsp3) is 0.500. The molecule has 1 fully saturated rings. The molecule has 10 nitrogen and oxygen atoms in total. The summed E-state index contributed by atoms with van der Waals surface area (Å²) in [5.74, 6) is -0.866. The van der Waals surface area contributed by atoms with Gasteiger partial charge in [0.05, 0.1) is 0 Å². The van der Waals surface area contributed by atoms with Gasteiger partial charge < -0.3 is 45.1 Å². The molecular weight excluding hydrogens is 422 g/mol. The minimum atomic E-state index is -1.80. The van der Waals surface area contributed by atoms with Crippen LogP contribution in [-0.2, 0) is 14.3 Å². The molecule has 0 spiro atoms. The monoisotopic (exact) mass is 451 g/mol. The number of phenolic OH excluding ortho intramolecular Hbond substituents is 1. The molecule has 1 aliphatic rings. The molecule has 1 saturated heterocycles. The third-order valence-electron chi connectivity index (χ3n) is 5.18. The maximum atomic E-state index is 11.3. The second-order valence-electron chi connectivity index (χ2n) is 8.00. The van der Waals surface area contributed by atoms with Crippen LogP contribution in [0.4, 0.5) is 0 Å². The van der Waals surface area contributed by atoms with Gasteiger partial charge in [-0.05, 0) is 12.1 Å². The first kappa shape index (κ1) is 24.2. The molecule has 0 saturated carbocycles. The van der Waals surface area contributed by atoms with Gasteiger partial charge in [0.25, 0.3) is 0 Å². The predicted molar refractivity (Wildman–Crippen MR) is 113 cm³/mol. The highest BCUT2D eigenvalue weighted by molar-refractivity contribution is 5.92. The number of benzene rings is 2. The second kappa shape index (κ2) is 10.4. The first-order chi connectivity index (χ1) is 15.2. The maximum absolute atomic E-state index is 11.3. The van der Waals surface area contributed by atoms with Gasteiger partial charge in [0.2, 0.25) is 0 Å². The fourth-order valence-electron chi connectivity index (χ4n) is 3.44. The lowest BCUT2D eigenvalue weighted by Gasteiger charge is -2.39. The Bertz CT molecular complexity index is 921. The van der Waals surface area contributed by atoms with E-state index in [1.165, 1.54) is 0 Å². The molecule has 0 radical (unpaired) electrons. The van der Waals surface area contributed by atoms with E-state index in [0.29, 0.717) is 16.5 Å². The van der Waals surface area contributed by atoms with Crippen molar-refractivity contribution in [2.24, 2.45) is 0 Å². The summed E-state index contributed by atoms with van der Waals surface area (Å²) >= 11 is 0. The van der Waals surface area contributed by atoms with Crippen molar-refractivity contribution in [3.05, 3.63) is 36.4 Å². The highest BCUT2D eigenvalue weighted by Gasteiger charge is 2.48. The Morgan fingerprint density at radius 1 is 1.06 bits per heavy atom. The third kappa shape index (κ3) is 5.47. The van der Waals surface area contributed by atoms with Gasteiger partial charge >= 0.3 is 5.97 Å². The summed E-state index contributed by atoms with van der Waals surface area (Å²) in [6.45, 7) is 4.13. The molecule has 10 heteroatoms. The van der Waals surface area contributed by atoms with E-state index in [1.807, 2.05) is 13.8 Å². The van der Waals surface area contributed by atoms with Gasteiger partial charge in [0.1, 0.15) is 42.5 Å². The number of fused-ring (bicyclic) bond motifs is 1. The molecule has 6 N–H and O–H groups in total. The summed E-state index contributed by atoms with van der Waals surface area (Å²) < 4.78 is 16.9. The highest BCUT2D eigenvalue weighted by Crippen LogP contribution is 2.31. The van der Waals surface area contributed by atoms with Crippen molar-refractivity contribution in [1.82, 2.24) is 5.32 Å². The number of aliphatic carboxylic acids is 1. The number of carboxylic acid groups (broad SMARTS) is 1. The number of ether oxygens (including phenoxy) is 3. The van der Waals surface area contributed by atoms with Crippen LogP contribution in [0.1, 0.15) is 13.8 Å². The van der Waals surface area contributed by atoms with E-state index in [0.717, 1.165) is 0 Å². The third-order valence-corrected chi connectivity index (χ3v) is 5.18. The molecule has 1 aliphatic heterocycles. The van der Waals surface area contributed by atoms with E-state index < -0.39 is 42.8 Å². The zero-order valence-corrected chi connectivity index (χ0v) is 17.8. The predicted octanol–water partition coefficient (Wildman–Crippen LogP) is 0.200. The average molecular weight is 451 g/mol. The summed E-state index contributed by atoms with van der Waals surface area (Å²) in [5, 5.41) is 53.9. The van der Waals surface area contributed by atoms with Crippen LogP contribution in [-0.4, -0.2) is 87.5 Å². The molecule has 3 unspecified atom stereocenters. The van der Waals surface area contributed by atoms with Crippen molar-refractivity contribution in [1.29, 1.82) is 0 Å². The molecule has 2 aromatic rings. The van der Waals surface area contributed by atoms with Crippen molar-refractivity contribution in [3.8, 4) is 11.5 Å². The second-order valence-corrected chi connectivity index (χ2v) is 8.00. The number of aliphatic hydroxyl groups excluding tert-OH is 3. The van der Waals surface area contributed by atoms with Crippen LogP contribution < -0.4 is 10.1 Å². The Morgan fingerprint density at radius 3 is 2.44 bits per heavy atom. The molecule has 32 heavy (non-hydrogen) atoms. The Hall–Kier alpha value is -2.47. The highest BCUT2D eigenvalue weighted by atomic mass is 16.7. The number of aliphatic hydroxyl groups is 3. The Balaban J connectivity index is 1.75. The van der Waals surface area contributed by atoms with Crippen LogP contribution in [0.25, 0.3) is 10.8 Å². The summed E-state index contributed by atoms with van der Waals surface area (Å²) in [5.41, 5.74) is 0. The van der Waals surface area contributed by atoms with Gasteiger partial charge in [-0.3, -0.25) is 0 Å². The molecule has 0 aliphatic carbocycles. The first-order valence-corrected chi connectivity index (χ1v) is 10.3. The number of rotatable bonds is 9. The van der Waals surface area contributed by atoms with Crippen LogP contribution >= 0.6 is 0 Å². The van der Waals surface area contributed by atoms with Crippen LogP contribution in [0.15, 0.2) is 36.4 Å². The molecular formula is C22H29NO9. The summed E-state index contributed by atoms with van der Waals surface area (Å²) in [6, 6.07) is 10.4. The van der Waals surface area contributed by atoms with Crippen LogP contribution in [0.5, 0.6) is 11.5 Å². The van der Waals surface area contributed by atoms with Crippen molar-refractivity contribution < 1.29 is 44.5 Å². The minimum absolute atomic E-state index is 0.00252. The van der Waals surface area contributed by atoms with E-state index in [9.17, 15) is 30.3 Å². The number of hydrogen-bond donors (Lipinski definition) is 6. The Morgan fingerprint density at radius 2 is 1.75 bits per heavy atom. The summed E-state index contributed by atoms with van der Waals surface area (Å²) in [4.78, 5) is 11.3. The molecule has 0 amide bonds. The number of nitrogens with one attached hydrogen (secondary N) is 1. The van der Waals surface area contributed by atoms with E-state index in [1.54, 1.807) is 36.4 Å². The van der Waals surface area contributed by atoms with Crippen LogP contribution in [0, 0.1) is 0 Å². The first-order valence-electron chi connectivity index (χ1n) is 10.3. The molecule has 1 heterocycles. The van der Waals surface area contributed by atoms with Gasteiger partial charge in [0, 0.05) is 23.4 Å². The van der Waals surface area contributed by atoms with Crippen molar-refractivity contribution in [2.75, 3.05) is 13.2 Å². The lowest BCUT2D eigenvalue weighted by molar-refractivity contribution is -0.305. The van der Waals surface area contributed by atoms with Gasteiger partial charge in [-0.2, -0.15) is 0 Å². The average Bonchev–Trinajstić information content (AvgIpc) is 2.75. The molecule has 3 rings (SSSR count). The quantitative estimate of drug-likeness (QED) is 0.311. The smallest absolute Gasteiger partial charge is 0.335 e. The van der Waals surface area contributed by atoms with Gasteiger partial charge in [-0.15, -0.1) is 0 Å². The number of carboxylic acids is 1. The topological polar surface area (TPSA) is 158 Å². The van der Waals surface area contributed by atoms with E-state index in [2.05, 4.69) is 5.32 Å². The van der Waals surface area contributed by atoms with E-state index in [-0.39, 0.29) is 24.9 Å². The number of hydrogen-bond acceptors (Lipinski definition) is 9. The number of aromatic hydroxyl groups is 1. The fourth-order valence-corrected chi connectivity index (χ4v) is 3.44. The van der Waals surface area contributed by atoms with Crippen LogP contribution in [0.3, 0.4) is 0 Å². The largest absolute Gasteiger partial charge is 0.507 e. The molecule has 2 aromatic carbocycles. The molecule has 0 bridgehead atoms. The number of phenols is 1. The Labute approximate surface area is 185 Å². The summed E-state index contributed by atoms with van der Waals surface area (Å²) in [6.07, 6.45) is -9.16. The van der Waals surface area contributed by atoms with Gasteiger partial charge in [0.15, 0.2) is 12.4 Å². The Kier molecular flexibility index (Phi) is 7.88. The van der Waals surface area contributed by atoms with Gasteiger partial charge in [-0.25, -0.2) is 4.79 Å². The molecule has 0 aromatic heterocycles. The lowest BCUT2D eigenvalue weighted by Crippen LogP contribution is -2.61. The van der Waals surface area contributed by atoms with Crippen molar-refractivity contribution in [3.63, 3.8) is 0 Å². The zero-order valence-electron chi connectivity index (χ0n) is 17.8. The number of carbonyl (C=O) groups is 1. The normalized spacial score (nSPS) is 26.9. The maximum Gasteiger partial charge on any atom is 0.335 e. The zero-order chi connectivity index (χ0) is 23.4. The van der Waals surface area contributed by atoms with Crippen molar-refractivity contribution in [2.45, 2.75) is 56.7 Å². The molecule has 6 atom stereocenters. The minimum Gasteiger partial charge on any atom is -0.507 e. The van der Waals surface area contributed by atoms with Gasteiger partial charge in [-0.1, -0.05) is 38.1 Å². The van der Waals surface area contributed by atoms with Crippen LogP contribution in [0.2, 0.25) is 0 Å². The lowest BCUT2D eigenvalue weighted by atomic mass is 9.99. The van der Waals surface area contributed by atoms with Crippen molar-refractivity contribution >= 4 is 16.7 Å². The summed E-state index contributed by atoms with van der Waals surface area (Å²) in [7, 11) is 0.